The number of carboxylic acids is 1. The predicted octanol–water partition coefficient (Wildman–Crippen LogP) is 3.31. The van der Waals surface area contributed by atoms with Crippen molar-refractivity contribution in [2.45, 2.75) is 81.0 Å². The van der Waals surface area contributed by atoms with Crippen LogP contribution in [-0.4, -0.2) is 60.1 Å². The molecule has 3 fully saturated rings. The van der Waals surface area contributed by atoms with E-state index in [0.717, 1.165) is 18.9 Å². The Morgan fingerprint density at radius 1 is 1.14 bits per heavy atom. The Balaban J connectivity index is 1.39. The fourth-order valence-corrected chi connectivity index (χ4v) is 6.54. The van der Waals surface area contributed by atoms with Crippen LogP contribution in [0.15, 0.2) is 12.1 Å². The number of anilines is 1. The topological polar surface area (TPSA) is 97.5 Å². The van der Waals surface area contributed by atoms with Crippen molar-refractivity contribution in [1.82, 2.24) is 21.3 Å². The second-order valence-electron chi connectivity index (χ2n) is 11.0. The zero-order valence-electron chi connectivity index (χ0n) is 20.5. The molecule has 7 nitrogen and oxygen atoms in total. The summed E-state index contributed by atoms with van der Waals surface area (Å²) in [5.41, 5.74) is 0.866. The van der Waals surface area contributed by atoms with E-state index in [2.05, 4.69) is 26.6 Å². The molecular weight excluding hydrogens is 514 g/mol. The predicted molar refractivity (Wildman–Crippen MR) is 132 cm³/mol. The van der Waals surface area contributed by atoms with Gasteiger partial charge in [0.25, 0.3) is 0 Å². The second-order valence-corrected chi connectivity index (χ2v) is 11.5. The molecule has 12 heteroatoms. The number of benzene rings is 1. The van der Waals surface area contributed by atoms with Crippen LogP contribution in [0.5, 0.6) is 0 Å². The molecule has 1 saturated carbocycles. The van der Waals surface area contributed by atoms with E-state index >= 15 is 0 Å². The number of aliphatic carboxylic acids is 1. The molecule has 1 aromatic rings. The number of nitrogens with one attached hydrogen (secondary N) is 5. The van der Waals surface area contributed by atoms with Crippen LogP contribution < -0.4 is 26.6 Å². The molecule has 37 heavy (non-hydrogen) atoms. The van der Waals surface area contributed by atoms with Crippen LogP contribution in [0.1, 0.15) is 49.8 Å². The lowest BCUT2D eigenvalue weighted by molar-refractivity contribution is -0.159. The van der Waals surface area contributed by atoms with Crippen LogP contribution in [0.2, 0.25) is 0 Å². The minimum atomic E-state index is -4.49. The lowest BCUT2D eigenvalue weighted by Crippen LogP contribution is -2.59. The Hall–Kier alpha value is -1.66. The van der Waals surface area contributed by atoms with Gasteiger partial charge >= 0.3 is 12.1 Å². The van der Waals surface area contributed by atoms with Gasteiger partial charge in [-0.05, 0) is 80.0 Å². The number of alkyl halides is 4. The van der Waals surface area contributed by atoms with Crippen LogP contribution in [0.4, 0.5) is 23.2 Å². The second kappa shape index (κ2) is 10.5. The van der Waals surface area contributed by atoms with Gasteiger partial charge in [0.1, 0.15) is 17.9 Å². The van der Waals surface area contributed by atoms with Crippen molar-refractivity contribution in [2.24, 2.45) is 17.8 Å². The molecule has 6 atom stereocenters. The molecule has 3 heterocycles. The quantitative estimate of drug-likeness (QED) is 0.185. The summed E-state index contributed by atoms with van der Waals surface area (Å²) in [6, 6.07) is -1.20. The molecular formula is C25H34ClF4N5O2. The van der Waals surface area contributed by atoms with Gasteiger partial charge in [-0.3, -0.25) is 10.1 Å². The maximum Gasteiger partial charge on any atom is 0.408 e. The molecule has 5 unspecified atom stereocenters. The summed E-state index contributed by atoms with van der Waals surface area (Å²) in [7, 11) is 0. The monoisotopic (exact) mass is 547 g/mol. The molecule has 206 valence electrons. The molecule has 4 aliphatic rings. The standard InChI is InChI=1S/C25H34ClF4N5O2/c1-11(33-18-4-5-20(26)35-21(18)24(36)37)15-6-14(27)7-19-17(15)8-16(22(34-19)25(28,29)30)13-9-31-23(32-10-13)12-2-3-12/h6-7,11-13,16,18,20-23,31-35H,2-5,8-10H2,1H3,(H,36,37)/t11-,13?,16?,18?,20?,21?,22?,23?/m1/s1. The molecule has 1 aromatic carbocycles. The van der Waals surface area contributed by atoms with Gasteiger partial charge in [-0.25, -0.2) is 4.39 Å². The van der Waals surface area contributed by atoms with E-state index in [0.29, 0.717) is 43.0 Å². The van der Waals surface area contributed by atoms with Gasteiger partial charge in [0.2, 0.25) is 0 Å². The molecule has 0 spiro atoms. The van der Waals surface area contributed by atoms with Gasteiger partial charge in [-0.2, -0.15) is 13.2 Å². The van der Waals surface area contributed by atoms with Crippen molar-refractivity contribution < 1.29 is 27.5 Å². The molecule has 0 aromatic heterocycles. The third-order valence-corrected chi connectivity index (χ3v) is 8.71. The largest absolute Gasteiger partial charge is 0.480 e. The third-order valence-electron chi connectivity index (χ3n) is 8.37. The van der Waals surface area contributed by atoms with E-state index in [1.54, 1.807) is 6.92 Å². The average Bonchev–Trinajstić information content (AvgIpc) is 3.69. The zero-order valence-corrected chi connectivity index (χ0v) is 21.3. The SMILES string of the molecule is C[C@@H](NC1CCC(Cl)NC1C(=O)O)c1cc(F)cc2c1CC(C1CNC(C3CC3)NC1)C(C(F)(F)F)N2. The number of hydrogen-bond acceptors (Lipinski definition) is 6. The molecule has 6 N–H and O–H groups in total. The number of halogens is 5. The van der Waals surface area contributed by atoms with E-state index < -0.39 is 53.5 Å². The Kier molecular flexibility index (Phi) is 7.63. The molecule has 2 saturated heterocycles. The Morgan fingerprint density at radius 3 is 2.46 bits per heavy atom. The molecule has 0 radical (unpaired) electrons. The Morgan fingerprint density at radius 2 is 1.84 bits per heavy atom. The highest BCUT2D eigenvalue weighted by atomic mass is 35.5. The first kappa shape index (κ1) is 26.9. The first-order valence-electron chi connectivity index (χ1n) is 13.0. The summed E-state index contributed by atoms with van der Waals surface area (Å²) in [5.74, 6) is -2.15. The smallest absolute Gasteiger partial charge is 0.408 e. The maximum atomic E-state index is 14.7. The average molecular weight is 548 g/mol. The minimum Gasteiger partial charge on any atom is -0.480 e. The third kappa shape index (κ3) is 5.85. The number of rotatable bonds is 6. The van der Waals surface area contributed by atoms with Crippen molar-refractivity contribution in [3.05, 3.63) is 29.1 Å². The normalized spacial score (nSPS) is 35.4. The van der Waals surface area contributed by atoms with Crippen LogP contribution in [-0.2, 0) is 11.2 Å². The summed E-state index contributed by atoms with van der Waals surface area (Å²) >= 11 is 6.10. The molecule has 5 rings (SSSR count). The first-order valence-corrected chi connectivity index (χ1v) is 13.5. The highest BCUT2D eigenvalue weighted by molar-refractivity contribution is 6.20. The first-order chi connectivity index (χ1) is 17.5. The van der Waals surface area contributed by atoms with E-state index in [4.69, 9.17) is 11.6 Å². The summed E-state index contributed by atoms with van der Waals surface area (Å²) in [6.45, 7) is 2.76. The molecule has 1 aliphatic carbocycles. The van der Waals surface area contributed by atoms with E-state index in [1.165, 1.54) is 6.07 Å². The molecule has 0 amide bonds. The minimum absolute atomic E-state index is 0.144. The maximum absolute atomic E-state index is 14.7. The van der Waals surface area contributed by atoms with Gasteiger partial charge in [-0.1, -0.05) is 0 Å². The van der Waals surface area contributed by atoms with Crippen molar-refractivity contribution in [1.29, 1.82) is 0 Å². The number of carboxylic acid groups (broad SMARTS) is 1. The summed E-state index contributed by atoms with van der Waals surface area (Å²) in [5, 5.41) is 25.2. The Labute approximate surface area is 218 Å². The highest BCUT2D eigenvalue weighted by Gasteiger charge is 2.51. The van der Waals surface area contributed by atoms with Crippen LogP contribution in [0.25, 0.3) is 0 Å². The fraction of sp³-hybridized carbons (Fsp3) is 0.720. The van der Waals surface area contributed by atoms with Gasteiger partial charge in [-0.15, -0.1) is 11.6 Å². The summed E-state index contributed by atoms with van der Waals surface area (Å²) in [4.78, 5) is 11.8. The summed E-state index contributed by atoms with van der Waals surface area (Å²) < 4.78 is 57.2. The van der Waals surface area contributed by atoms with Crippen LogP contribution in [0, 0.1) is 23.6 Å². The van der Waals surface area contributed by atoms with Gasteiger partial charge < -0.3 is 26.4 Å². The van der Waals surface area contributed by atoms with Crippen molar-refractivity contribution >= 4 is 23.3 Å². The van der Waals surface area contributed by atoms with E-state index in [-0.39, 0.29) is 24.2 Å². The van der Waals surface area contributed by atoms with Crippen molar-refractivity contribution in [3.8, 4) is 0 Å². The summed E-state index contributed by atoms with van der Waals surface area (Å²) in [6.07, 6.45) is -0.891. The highest BCUT2D eigenvalue weighted by Crippen LogP contribution is 2.43. The lowest BCUT2D eigenvalue weighted by atomic mass is 9.75. The molecule has 0 bridgehead atoms. The zero-order chi connectivity index (χ0) is 26.5. The number of fused-ring (bicyclic) bond motifs is 1. The van der Waals surface area contributed by atoms with E-state index in [1.807, 2.05) is 0 Å². The number of hydrogen-bond donors (Lipinski definition) is 6. The van der Waals surface area contributed by atoms with Crippen LogP contribution >= 0.6 is 11.6 Å². The fourth-order valence-electron chi connectivity index (χ4n) is 6.28. The number of carbonyl (C=O) groups is 1. The van der Waals surface area contributed by atoms with Gasteiger partial charge in [0.05, 0.1) is 11.7 Å². The van der Waals surface area contributed by atoms with Crippen LogP contribution in [0.3, 0.4) is 0 Å². The number of piperidine rings is 1. The van der Waals surface area contributed by atoms with E-state index in [9.17, 15) is 27.5 Å². The lowest BCUT2D eigenvalue weighted by Gasteiger charge is -2.44. The van der Waals surface area contributed by atoms with Crippen molar-refractivity contribution in [2.75, 3.05) is 18.4 Å². The Bertz CT molecular complexity index is 1000. The molecule has 3 aliphatic heterocycles. The van der Waals surface area contributed by atoms with Crippen molar-refractivity contribution in [3.63, 3.8) is 0 Å². The van der Waals surface area contributed by atoms with Gasteiger partial charge in [0.15, 0.2) is 0 Å². The van der Waals surface area contributed by atoms with Gasteiger partial charge in [0, 0.05) is 30.9 Å².